The van der Waals surface area contributed by atoms with Gasteiger partial charge in [-0.1, -0.05) is 272 Å². The normalized spacial score (nSPS) is 14.4. The second-order valence-corrected chi connectivity index (χ2v) is 27.3. The molecule has 0 saturated carbocycles. The van der Waals surface area contributed by atoms with E-state index >= 15 is 0 Å². The van der Waals surface area contributed by atoms with Crippen LogP contribution in [0.2, 0.25) is 0 Å². The van der Waals surface area contributed by atoms with Crippen LogP contribution in [0.4, 0.5) is 0 Å². The maximum absolute atomic E-state index is 12.1. The van der Waals surface area contributed by atoms with E-state index in [4.69, 9.17) is 27.1 Å². The summed E-state index contributed by atoms with van der Waals surface area (Å²) in [4.78, 5) is 36.2. The van der Waals surface area contributed by atoms with Crippen LogP contribution in [-0.4, -0.2) is 19.8 Å². The van der Waals surface area contributed by atoms with Crippen LogP contribution in [0.25, 0.3) is 0 Å². The van der Waals surface area contributed by atoms with E-state index in [2.05, 4.69) is 62.3 Å². The molecular weight excluding hydrogens is 1260 g/mol. The zero-order valence-electron chi connectivity index (χ0n) is 55.0. The third kappa shape index (κ3) is 47.4. The number of unbranched alkanes of at least 4 members (excludes halogenated alkanes) is 21. The molecule has 0 aliphatic carbocycles. The van der Waals surface area contributed by atoms with Gasteiger partial charge in [-0.15, -0.1) is 0 Å². The van der Waals surface area contributed by atoms with Crippen LogP contribution in [0, 0.1) is 58.6 Å². The fourth-order valence-corrected chi connectivity index (χ4v) is 12.2. The van der Waals surface area contributed by atoms with Crippen molar-refractivity contribution >= 4 is 23.5 Å². The third-order valence-corrected chi connectivity index (χ3v) is 18.4. The first kappa shape index (κ1) is 83.9. The van der Waals surface area contributed by atoms with Crippen LogP contribution in [0.1, 0.15) is 291 Å². The molecule has 0 aliphatic heterocycles. The van der Waals surface area contributed by atoms with Crippen molar-refractivity contribution in [2.24, 2.45) is 17.8 Å². The van der Waals surface area contributed by atoms with Crippen LogP contribution < -0.4 is 28.3 Å². The quantitative estimate of drug-likeness (QED) is 0.0387. The van der Waals surface area contributed by atoms with E-state index in [1.165, 1.54) is 152 Å². The number of rotatable bonds is 51. The van der Waals surface area contributed by atoms with Crippen molar-refractivity contribution in [3.8, 4) is 17.2 Å². The second kappa shape index (κ2) is 54.6. The van der Waals surface area contributed by atoms with Gasteiger partial charge in [0.1, 0.15) is 17.2 Å². The minimum absolute atomic E-state index is 0. The molecule has 6 unspecified atom stereocenters. The van der Waals surface area contributed by atoms with E-state index in [-0.39, 0.29) is 78.4 Å². The van der Waals surface area contributed by atoms with Gasteiger partial charge in [-0.3, -0.25) is 13.7 Å². The van der Waals surface area contributed by atoms with Crippen molar-refractivity contribution < 1.29 is 96.4 Å². The van der Waals surface area contributed by atoms with Gasteiger partial charge in [0, 0.05) is 0 Å². The van der Waals surface area contributed by atoms with Crippen LogP contribution >= 0.6 is 23.5 Å². The van der Waals surface area contributed by atoms with Gasteiger partial charge in [-0.05, 0) is 129 Å². The van der Waals surface area contributed by atoms with Crippen molar-refractivity contribution in [2.75, 3.05) is 19.8 Å². The number of phosphoric acid groups is 3. The summed E-state index contributed by atoms with van der Waals surface area (Å²) in [6.07, 6.45) is 42.4. The molecule has 3 aromatic carbocycles. The summed E-state index contributed by atoms with van der Waals surface area (Å²) in [7, 11) is -13.0. The van der Waals surface area contributed by atoms with Gasteiger partial charge in [0.15, 0.2) is 0 Å². The predicted molar refractivity (Wildman–Crippen MR) is 347 cm³/mol. The maximum Gasteiger partial charge on any atom is 3.00 e. The summed E-state index contributed by atoms with van der Waals surface area (Å²) in [5.74, 6) is 1.75. The Bertz CT molecular complexity index is 1880. The van der Waals surface area contributed by atoms with Crippen LogP contribution in [0.5, 0.6) is 17.2 Å². The van der Waals surface area contributed by atoms with Crippen molar-refractivity contribution in [2.45, 2.75) is 293 Å². The molecule has 0 N–H and O–H groups in total. The van der Waals surface area contributed by atoms with Gasteiger partial charge < -0.3 is 41.8 Å². The summed E-state index contributed by atoms with van der Waals surface area (Å²) < 4.78 is 66.9. The molecule has 3 aromatic rings. The zero-order chi connectivity index (χ0) is 62.0. The molecule has 12 nitrogen and oxygen atoms in total. The first-order chi connectivity index (χ1) is 40.5. The fourth-order valence-electron chi connectivity index (χ4n) is 9.76. The molecule has 85 heavy (non-hydrogen) atoms. The zero-order valence-corrected chi connectivity index (χ0v) is 60.9. The Hall–Kier alpha value is -1.14. The van der Waals surface area contributed by atoms with Crippen LogP contribution in [0.15, 0.2) is 72.8 Å². The number of hydrogen-bond donors (Lipinski definition) is 0. The number of benzene rings is 3. The molecule has 0 fully saturated rings. The monoisotopic (exact) mass is 1380 g/mol. The maximum atomic E-state index is 12.1. The Morgan fingerprint density at radius 1 is 0.306 bits per heavy atom. The smallest absolute Gasteiger partial charge is 0.746 e. The Labute approximate surface area is 553 Å². The topological polar surface area (TPSA) is 176 Å². The Morgan fingerprint density at radius 2 is 0.506 bits per heavy atom. The van der Waals surface area contributed by atoms with Gasteiger partial charge >= 0.3 is 64.3 Å². The number of hydrogen-bond acceptors (Lipinski definition) is 12. The minimum atomic E-state index is -4.32. The molecule has 0 bridgehead atoms. The minimum Gasteiger partial charge on any atom is -0.746 e. The number of phosphoric ester groups is 3. The number of aryl methyl sites for hydroxylation is 3. The largest absolute Gasteiger partial charge is 3.00 e. The SMILES string of the molecule is CCCCCCCCCc1ccc(OP(=O)([O-])OCC(CC)CCCC)cc1.CCCCCCCCCc1ccc(OP(=O)([O-])OCC(CC)CCCC)cc1.CCCCCCCCCc1ccc(OP(=O)([O-])OCC(CC)CCCC)cc1.[Nd+3]. The van der Waals surface area contributed by atoms with E-state index in [1.807, 2.05) is 36.4 Å². The van der Waals surface area contributed by atoms with Gasteiger partial charge in [-0.25, -0.2) is 0 Å². The molecular formula is C69H120NdO12P3. The average molecular weight is 1380 g/mol. The van der Waals surface area contributed by atoms with E-state index in [0.29, 0.717) is 17.2 Å². The van der Waals surface area contributed by atoms with Crippen molar-refractivity contribution in [3.05, 3.63) is 89.5 Å². The first-order valence-electron chi connectivity index (χ1n) is 33.7. The molecule has 0 spiro atoms. The molecule has 0 heterocycles. The summed E-state index contributed by atoms with van der Waals surface area (Å²) in [5, 5.41) is 0. The Balaban J connectivity index is 0.00000124. The molecule has 0 saturated heterocycles. The van der Waals surface area contributed by atoms with Crippen LogP contribution in [0.3, 0.4) is 0 Å². The van der Waals surface area contributed by atoms with Gasteiger partial charge in [-0.2, -0.15) is 0 Å². The summed E-state index contributed by atoms with van der Waals surface area (Å²) in [6.45, 7) is 19.9. The van der Waals surface area contributed by atoms with E-state index in [0.717, 1.165) is 96.3 Å². The molecule has 6 atom stereocenters. The summed E-state index contributed by atoms with van der Waals surface area (Å²) >= 11 is 0. The van der Waals surface area contributed by atoms with Gasteiger partial charge in [0.05, 0.1) is 19.8 Å². The Morgan fingerprint density at radius 3 is 0.706 bits per heavy atom. The summed E-state index contributed by atoms with van der Waals surface area (Å²) in [6, 6.07) is 22.0. The molecule has 0 aromatic heterocycles. The van der Waals surface area contributed by atoms with Gasteiger partial charge in [0.2, 0.25) is 0 Å². The fraction of sp³-hybridized carbons (Fsp3) is 0.739. The van der Waals surface area contributed by atoms with E-state index in [9.17, 15) is 28.4 Å². The molecule has 1 radical (unpaired) electrons. The molecule has 487 valence electrons. The van der Waals surface area contributed by atoms with E-state index in [1.54, 1.807) is 36.4 Å². The second-order valence-electron chi connectivity index (χ2n) is 23.3. The van der Waals surface area contributed by atoms with Crippen molar-refractivity contribution in [1.29, 1.82) is 0 Å². The summed E-state index contributed by atoms with van der Waals surface area (Å²) in [5.41, 5.74) is 3.65. The van der Waals surface area contributed by atoms with Crippen molar-refractivity contribution in [1.82, 2.24) is 0 Å². The predicted octanol–water partition coefficient (Wildman–Crippen LogP) is 21.2. The molecule has 0 aliphatic rings. The van der Waals surface area contributed by atoms with Crippen LogP contribution in [-0.2, 0) is 46.5 Å². The standard InChI is InChI=1S/3C23H41O4P.Nd/c3*1-4-7-9-10-11-12-13-15-22-16-18-23(19-17-22)27-28(24,25)26-20-21(6-3)14-8-5-2;/h3*16-19,21H,4-15,20H2,1-3H3,(H,24,25);/q;;;+3/p-3. The Kier molecular flexibility index (Phi) is 53.9. The average Bonchev–Trinajstić information content (AvgIpc) is 3.69. The molecule has 16 heteroatoms. The first-order valence-corrected chi connectivity index (χ1v) is 38.1. The third-order valence-electron chi connectivity index (χ3n) is 15.7. The van der Waals surface area contributed by atoms with E-state index < -0.39 is 23.5 Å². The van der Waals surface area contributed by atoms with Crippen molar-refractivity contribution in [3.63, 3.8) is 0 Å². The molecule has 0 amide bonds. The van der Waals surface area contributed by atoms with Gasteiger partial charge in [0.25, 0.3) is 0 Å². The molecule has 3 rings (SSSR count).